The zero-order valence-electron chi connectivity index (χ0n) is 16.9. The average Bonchev–Trinajstić information content (AvgIpc) is 3.19. The van der Waals surface area contributed by atoms with Crippen molar-refractivity contribution in [1.82, 2.24) is 4.98 Å². The fourth-order valence-electron chi connectivity index (χ4n) is 3.29. The van der Waals surface area contributed by atoms with Crippen LogP contribution in [0.5, 0.6) is 0 Å². The standard InChI is InChI=1S/C22H23NO6/c1-5-27-22(26)20-13(3)21(23-14(20)4)17(24)11-29-19(25)9-15-10-28-18-8-12(2)6-7-16(15)18/h6-8,10,23H,5,9,11H2,1-4H3. The second-order valence-electron chi connectivity index (χ2n) is 6.87. The molecule has 0 fully saturated rings. The molecule has 0 amide bonds. The molecule has 0 unspecified atom stereocenters. The van der Waals surface area contributed by atoms with E-state index in [0.29, 0.717) is 28.0 Å². The van der Waals surface area contributed by atoms with Crippen molar-refractivity contribution in [2.24, 2.45) is 0 Å². The SMILES string of the molecule is CCOC(=O)c1c(C)[nH]c(C(=O)COC(=O)Cc2coc3cc(C)ccc23)c1C. The van der Waals surface area contributed by atoms with E-state index in [9.17, 15) is 14.4 Å². The number of Topliss-reactive ketones (excluding diaryl/α,β-unsaturated/α-hetero) is 1. The van der Waals surface area contributed by atoms with Crippen molar-refractivity contribution in [3.63, 3.8) is 0 Å². The Morgan fingerprint density at radius 1 is 1.10 bits per heavy atom. The van der Waals surface area contributed by atoms with Gasteiger partial charge in [0.05, 0.1) is 30.5 Å². The number of furan rings is 1. The lowest BCUT2D eigenvalue weighted by Crippen LogP contribution is -2.16. The molecule has 0 aliphatic rings. The van der Waals surface area contributed by atoms with Gasteiger partial charge in [0.15, 0.2) is 6.61 Å². The maximum absolute atomic E-state index is 12.5. The van der Waals surface area contributed by atoms with E-state index in [0.717, 1.165) is 10.9 Å². The van der Waals surface area contributed by atoms with Crippen molar-refractivity contribution in [2.75, 3.05) is 13.2 Å². The number of fused-ring (bicyclic) bond motifs is 1. The van der Waals surface area contributed by atoms with Crippen LogP contribution < -0.4 is 0 Å². The Labute approximate surface area is 168 Å². The first-order valence-electron chi connectivity index (χ1n) is 9.33. The third-order valence-electron chi connectivity index (χ3n) is 4.71. The number of ketones is 1. The third kappa shape index (κ3) is 4.23. The van der Waals surface area contributed by atoms with Crippen molar-refractivity contribution in [2.45, 2.75) is 34.1 Å². The van der Waals surface area contributed by atoms with E-state index < -0.39 is 24.3 Å². The quantitative estimate of drug-likeness (QED) is 0.480. The van der Waals surface area contributed by atoms with E-state index in [1.54, 1.807) is 20.8 Å². The van der Waals surface area contributed by atoms with Gasteiger partial charge in [0, 0.05) is 16.6 Å². The molecule has 0 saturated carbocycles. The maximum Gasteiger partial charge on any atom is 0.340 e. The second-order valence-corrected chi connectivity index (χ2v) is 6.87. The predicted octanol–water partition coefficient (Wildman–Crippen LogP) is 3.83. The lowest BCUT2D eigenvalue weighted by molar-refractivity contribution is -0.141. The Kier molecular flexibility index (Phi) is 5.87. The molecule has 1 aromatic carbocycles. The Balaban J connectivity index is 1.65. The monoisotopic (exact) mass is 397 g/mol. The molecular weight excluding hydrogens is 374 g/mol. The van der Waals surface area contributed by atoms with E-state index in [4.69, 9.17) is 13.9 Å². The molecule has 7 heteroatoms. The first-order chi connectivity index (χ1) is 13.8. The highest BCUT2D eigenvalue weighted by atomic mass is 16.5. The summed E-state index contributed by atoms with van der Waals surface area (Å²) in [4.78, 5) is 39.6. The molecule has 0 spiro atoms. The van der Waals surface area contributed by atoms with Crippen LogP contribution in [0.2, 0.25) is 0 Å². The van der Waals surface area contributed by atoms with Gasteiger partial charge in [-0.25, -0.2) is 4.79 Å². The van der Waals surface area contributed by atoms with Gasteiger partial charge in [-0.15, -0.1) is 0 Å². The fourth-order valence-corrected chi connectivity index (χ4v) is 3.29. The molecule has 0 bridgehead atoms. The highest BCUT2D eigenvalue weighted by Crippen LogP contribution is 2.23. The molecule has 0 atom stereocenters. The molecule has 0 radical (unpaired) electrons. The first-order valence-corrected chi connectivity index (χ1v) is 9.33. The number of rotatable bonds is 7. The number of aromatic amines is 1. The van der Waals surface area contributed by atoms with Gasteiger partial charge in [-0.1, -0.05) is 12.1 Å². The topological polar surface area (TPSA) is 98.6 Å². The molecule has 0 aliphatic carbocycles. The maximum atomic E-state index is 12.5. The van der Waals surface area contributed by atoms with E-state index >= 15 is 0 Å². The van der Waals surface area contributed by atoms with Crippen LogP contribution in [-0.4, -0.2) is 35.9 Å². The largest absolute Gasteiger partial charge is 0.464 e. The number of carbonyl (C=O) groups is 3. The summed E-state index contributed by atoms with van der Waals surface area (Å²) in [6.07, 6.45) is 1.53. The molecule has 1 N–H and O–H groups in total. The van der Waals surface area contributed by atoms with Crippen molar-refractivity contribution >= 4 is 28.7 Å². The van der Waals surface area contributed by atoms with Crippen LogP contribution in [0.4, 0.5) is 0 Å². The van der Waals surface area contributed by atoms with Gasteiger partial charge in [0.25, 0.3) is 0 Å². The summed E-state index contributed by atoms with van der Waals surface area (Å²) in [6.45, 7) is 6.84. The fraction of sp³-hybridized carbons (Fsp3) is 0.318. The smallest absolute Gasteiger partial charge is 0.340 e. The molecule has 0 aliphatic heterocycles. The number of H-pyrrole nitrogens is 1. The predicted molar refractivity (Wildman–Crippen MR) is 106 cm³/mol. The van der Waals surface area contributed by atoms with Gasteiger partial charge in [-0.05, 0) is 44.9 Å². The molecule has 0 saturated heterocycles. The number of carbonyl (C=O) groups excluding carboxylic acids is 3. The highest BCUT2D eigenvalue weighted by Gasteiger charge is 2.23. The number of esters is 2. The van der Waals surface area contributed by atoms with Crippen LogP contribution in [0.3, 0.4) is 0 Å². The van der Waals surface area contributed by atoms with Crippen molar-refractivity contribution < 1.29 is 28.3 Å². The van der Waals surface area contributed by atoms with Crippen molar-refractivity contribution in [1.29, 1.82) is 0 Å². The molecule has 2 aromatic heterocycles. The Morgan fingerprint density at radius 3 is 2.59 bits per heavy atom. The number of hydrogen-bond acceptors (Lipinski definition) is 6. The minimum Gasteiger partial charge on any atom is -0.464 e. The Morgan fingerprint density at radius 2 is 1.86 bits per heavy atom. The van der Waals surface area contributed by atoms with Crippen LogP contribution in [0.1, 0.15) is 50.2 Å². The summed E-state index contributed by atoms with van der Waals surface area (Å²) in [5.41, 5.74) is 4.06. The summed E-state index contributed by atoms with van der Waals surface area (Å²) in [6, 6.07) is 5.72. The Bertz CT molecular complexity index is 1090. The molecular formula is C22H23NO6. The van der Waals surface area contributed by atoms with Crippen LogP contribution in [0.15, 0.2) is 28.9 Å². The molecule has 2 heterocycles. The van der Waals surface area contributed by atoms with Crippen LogP contribution in [0, 0.1) is 20.8 Å². The minimum absolute atomic E-state index is 0.000152. The van der Waals surface area contributed by atoms with Crippen LogP contribution in [-0.2, 0) is 20.7 Å². The van der Waals surface area contributed by atoms with Gasteiger partial charge in [-0.2, -0.15) is 0 Å². The van der Waals surface area contributed by atoms with Crippen molar-refractivity contribution in [3.05, 3.63) is 58.1 Å². The van der Waals surface area contributed by atoms with Gasteiger partial charge < -0.3 is 18.9 Å². The number of benzene rings is 1. The first kappa shape index (κ1) is 20.4. The zero-order chi connectivity index (χ0) is 21.1. The highest BCUT2D eigenvalue weighted by molar-refractivity contribution is 6.02. The normalized spacial score (nSPS) is 10.9. The lowest BCUT2D eigenvalue weighted by atomic mass is 10.1. The lowest BCUT2D eigenvalue weighted by Gasteiger charge is -2.04. The van der Waals surface area contributed by atoms with E-state index in [2.05, 4.69) is 4.98 Å². The zero-order valence-corrected chi connectivity index (χ0v) is 16.9. The number of ether oxygens (including phenoxy) is 2. The summed E-state index contributed by atoms with van der Waals surface area (Å²) < 4.78 is 15.6. The van der Waals surface area contributed by atoms with E-state index in [1.165, 1.54) is 6.26 Å². The van der Waals surface area contributed by atoms with Gasteiger partial charge in [0.2, 0.25) is 5.78 Å². The number of hydrogen-bond donors (Lipinski definition) is 1. The summed E-state index contributed by atoms with van der Waals surface area (Å²) in [5.74, 6) is -1.44. The summed E-state index contributed by atoms with van der Waals surface area (Å²) >= 11 is 0. The molecule has 29 heavy (non-hydrogen) atoms. The van der Waals surface area contributed by atoms with Gasteiger partial charge in [-0.3, -0.25) is 9.59 Å². The van der Waals surface area contributed by atoms with E-state index in [1.807, 2.05) is 25.1 Å². The number of nitrogens with one attached hydrogen (secondary N) is 1. The molecule has 7 nitrogen and oxygen atoms in total. The molecule has 3 aromatic rings. The summed E-state index contributed by atoms with van der Waals surface area (Å²) in [5, 5.41) is 0.841. The van der Waals surface area contributed by atoms with Crippen LogP contribution in [0.25, 0.3) is 11.0 Å². The van der Waals surface area contributed by atoms with E-state index in [-0.39, 0.29) is 18.7 Å². The molecule has 3 rings (SSSR count). The van der Waals surface area contributed by atoms with Crippen LogP contribution >= 0.6 is 0 Å². The van der Waals surface area contributed by atoms with Crippen molar-refractivity contribution in [3.8, 4) is 0 Å². The summed E-state index contributed by atoms with van der Waals surface area (Å²) in [7, 11) is 0. The second kappa shape index (κ2) is 8.34. The third-order valence-corrected chi connectivity index (χ3v) is 4.71. The number of aromatic nitrogens is 1. The Hall–Kier alpha value is -3.35. The minimum atomic E-state index is -0.534. The number of aryl methyl sites for hydroxylation is 2. The van der Waals surface area contributed by atoms with Gasteiger partial charge in [0.1, 0.15) is 5.58 Å². The average molecular weight is 397 g/mol. The van der Waals surface area contributed by atoms with Gasteiger partial charge >= 0.3 is 11.9 Å². The molecule has 152 valence electrons.